The van der Waals surface area contributed by atoms with E-state index >= 15 is 0 Å². The Morgan fingerprint density at radius 2 is 2.33 bits per heavy atom. The number of imidazole rings is 1. The minimum atomic E-state index is 0.581. The van der Waals surface area contributed by atoms with Gasteiger partial charge < -0.3 is 10.3 Å². The smallest absolute Gasteiger partial charge is 0.0948 e. The molecule has 0 aliphatic carbocycles. The van der Waals surface area contributed by atoms with E-state index < -0.39 is 0 Å². The molecule has 0 unspecified atom stereocenters. The summed E-state index contributed by atoms with van der Waals surface area (Å²) in [5.41, 5.74) is 6.66. The van der Waals surface area contributed by atoms with Crippen LogP contribution in [0.15, 0.2) is 12.5 Å². The van der Waals surface area contributed by atoms with E-state index in [9.17, 15) is 0 Å². The third kappa shape index (κ3) is 2.34. The quantitative estimate of drug-likeness (QED) is 0.736. The normalized spacial score (nSPS) is 11.0. The second-order valence-electron chi connectivity index (χ2n) is 3.47. The van der Waals surface area contributed by atoms with Gasteiger partial charge in [-0.1, -0.05) is 13.8 Å². The van der Waals surface area contributed by atoms with Gasteiger partial charge in [0.1, 0.15) is 0 Å². The predicted molar refractivity (Wildman–Crippen MR) is 49.6 cm³/mol. The highest BCUT2D eigenvalue weighted by Crippen LogP contribution is 2.05. The van der Waals surface area contributed by atoms with E-state index in [-0.39, 0.29) is 0 Å². The third-order valence-corrected chi connectivity index (χ3v) is 1.96. The largest absolute Gasteiger partial charge is 0.333 e. The maximum Gasteiger partial charge on any atom is 0.0948 e. The summed E-state index contributed by atoms with van der Waals surface area (Å²) in [7, 11) is 0. The van der Waals surface area contributed by atoms with Gasteiger partial charge in [-0.15, -0.1) is 0 Å². The molecule has 0 atom stereocenters. The Balaban J connectivity index is 2.50. The molecular formula is C9H17N3. The van der Waals surface area contributed by atoms with E-state index in [4.69, 9.17) is 5.73 Å². The molecule has 0 aliphatic rings. The monoisotopic (exact) mass is 167 g/mol. The van der Waals surface area contributed by atoms with Gasteiger partial charge in [-0.25, -0.2) is 4.98 Å². The lowest BCUT2D eigenvalue weighted by Crippen LogP contribution is -2.07. The number of hydrogen-bond acceptors (Lipinski definition) is 2. The number of hydrogen-bond donors (Lipinski definition) is 1. The number of nitrogens with zero attached hydrogens (tertiary/aromatic N) is 2. The Morgan fingerprint density at radius 3 is 2.92 bits per heavy atom. The fraction of sp³-hybridized carbons (Fsp3) is 0.667. The molecule has 0 aliphatic heterocycles. The second-order valence-corrected chi connectivity index (χ2v) is 3.47. The Kier molecular flexibility index (Phi) is 3.29. The summed E-state index contributed by atoms with van der Waals surface area (Å²) in [4.78, 5) is 4.05. The van der Waals surface area contributed by atoms with E-state index in [2.05, 4.69) is 23.4 Å². The van der Waals surface area contributed by atoms with Crippen LogP contribution in [-0.4, -0.2) is 9.55 Å². The minimum Gasteiger partial charge on any atom is -0.333 e. The van der Waals surface area contributed by atoms with Crippen molar-refractivity contribution in [2.45, 2.75) is 33.4 Å². The summed E-state index contributed by atoms with van der Waals surface area (Å²) < 4.78 is 2.12. The topological polar surface area (TPSA) is 43.8 Å². The molecule has 0 radical (unpaired) electrons. The van der Waals surface area contributed by atoms with Gasteiger partial charge in [0.25, 0.3) is 0 Å². The van der Waals surface area contributed by atoms with Gasteiger partial charge in [-0.3, -0.25) is 0 Å². The predicted octanol–water partition coefficient (Wildman–Crippen LogP) is 1.39. The van der Waals surface area contributed by atoms with E-state index in [1.807, 2.05) is 12.5 Å². The van der Waals surface area contributed by atoms with Crippen LogP contribution in [0.25, 0.3) is 0 Å². The van der Waals surface area contributed by atoms with Gasteiger partial charge in [0.15, 0.2) is 0 Å². The molecule has 68 valence electrons. The summed E-state index contributed by atoms with van der Waals surface area (Å²) in [6.45, 7) is 6.06. The van der Waals surface area contributed by atoms with Crippen LogP contribution in [0.5, 0.6) is 0 Å². The number of rotatable bonds is 4. The third-order valence-electron chi connectivity index (χ3n) is 1.96. The first-order valence-corrected chi connectivity index (χ1v) is 4.43. The van der Waals surface area contributed by atoms with Crippen molar-refractivity contribution in [1.29, 1.82) is 0 Å². The first kappa shape index (κ1) is 9.26. The van der Waals surface area contributed by atoms with E-state index in [0.717, 1.165) is 18.2 Å². The van der Waals surface area contributed by atoms with Crippen molar-refractivity contribution in [1.82, 2.24) is 9.55 Å². The van der Waals surface area contributed by atoms with Crippen LogP contribution in [-0.2, 0) is 13.1 Å². The molecule has 0 saturated heterocycles. The molecule has 1 heterocycles. The average Bonchev–Trinajstić information content (AvgIpc) is 2.47. The van der Waals surface area contributed by atoms with Crippen molar-refractivity contribution in [2.75, 3.05) is 0 Å². The van der Waals surface area contributed by atoms with Gasteiger partial charge in [-0.05, 0) is 12.3 Å². The molecule has 12 heavy (non-hydrogen) atoms. The molecule has 0 fully saturated rings. The molecule has 0 amide bonds. The second kappa shape index (κ2) is 4.26. The van der Waals surface area contributed by atoms with E-state index in [0.29, 0.717) is 6.54 Å². The Bertz CT molecular complexity index is 227. The zero-order chi connectivity index (χ0) is 8.97. The molecule has 3 nitrogen and oxygen atoms in total. The van der Waals surface area contributed by atoms with Gasteiger partial charge in [0.05, 0.1) is 12.0 Å². The van der Waals surface area contributed by atoms with Crippen LogP contribution in [0.1, 0.15) is 26.0 Å². The fourth-order valence-corrected chi connectivity index (χ4v) is 1.12. The number of aromatic nitrogens is 2. The average molecular weight is 167 g/mol. The molecule has 2 N–H and O–H groups in total. The maximum absolute atomic E-state index is 5.54. The maximum atomic E-state index is 5.54. The highest BCUT2D eigenvalue weighted by atomic mass is 15.0. The van der Waals surface area contributed by atoms with Gasteiger partial charge in [0, 0.05) is 19.3 Å². The molecule has 3 heteroatoms. The summed E-state index contributed by atoms with van der Waals surface area (Å²) in [6, 6.07) is 0. The highest BCUT2D eigenvalue weighted by molar-refractivity contribution is 4.96. The zero-order valence-corrected chi connectivity index (χ0v) is 7.83. The summed E-state index contributed by atoms with van der Waals surface area (Å²) >= 11 is 0. The standard InChI is InChI=1S/C9H17N3/c1-8(2)3-4-12-7-11-6-9(12)5-10/h6-8H,3-5,10H2,1-2H3. The molecule has 1 aromatic heterocycles. The molecule has 0 bridgehead atoms. The molecule has 0 aromatic carbocycles. The minimum absolute atomic E-state index is 0.581. The lowest BCUT2D eigenvalue weighted by molar-refractivity contribution is 0.507. The molecule has 1 aromatic rings. The van der Waals surface area contributed by atoms with Crippen LogP contribution in [0.3, 0.4) is 0 Å². The number of aryl methyl sites for hydroxylation is 1. The van der Waals surface area contributed by atoms with Gasteiger partial charge >= 0.3 is 0 Å². The summed E-state index contributed by atoms with van der Waals surface area (Å²) in [5, 5.41) is 0. The Hall–Kier alpha value is -0.830. The molecule has 0 saturated carbocycles. The van der Waals surface area contributed by atoms with Crippen molar-refractivity contribution in [3.8, 4) is 0 Å². The SMILES string of the molecule is CC(C)CCn1cncc1CN. The van der Waals surface area contributed by atoms with E-state index in [1.165, 1.54) is 6.42 Å². The highest BCUT2D eigenvalue weighted by Gasteiger charge is 2.00. The summed E-state index contributed by atoms with van der Waals surface area (Å²) in [6.07, 6.45) is 4.87. The van der Waals surface area contributed by atoms with Crippen molar-refractivity contribution in [3.63, 3.8) is 0 Å². The van der Waals surface area contributed by atoms with Crippen molar-refractivity contribution < 1.29 is 0 Å². The van der Waals surface area contributed by atoms with Crippen LogP contribution < -0.4 is 5.73 Å². The molecule has 1 rings (SSSR count). The first-order chi connectivity index (χ1) is 5.74. The zero-order valence-electron chi connectivity index (χ0n) is 7.83. The van der Waals surface area contributed by atoms with E-state index in [1.54, 1.807) is 0 Å². The van der Waals surface area contributed by atoms with Gasteiger partial charge in [-0.2, -0.15) is 0 Å². The van der Waals surface area contributed by atoms with Crippen molar-refractivity contribution in [3.05, 3.63) is 18.2 Å². The van der Waals surface area contributed by atoms with Crippen LogP contribution in [0.4, 0.5) is 0 Å². The summed E-state index contributed by atoms with van der Waals surface area (Å²) in [5.74, 6) is 0.734. The van der Waals surface area contributed by atoms with Crippen LogP contribution in [0, 0.1) is 5.92 Å². The van der Waals surface area contributed by atoms with Crippen LogP contribution >= 0.6 is 0 Å². The molecular weight excluding hydrogens is 150 g/mol. The lowest BCUT2D eigenvalue weighted by atomic mass is 10.1. The Morgan fingerprint density at radius 1 is 1.58 bits per heavy atom. The fourth-order valence-electron chi connectivity index (χ4n) is 1.12. The first-order valence-electron chi connectivity index (χ1n) is 4.43. The Labute approximate surface area is 73.6 Å². The lowest BCUT2D eigenvalue weighted by Gasteiger charge is -2.07. The van der Waals surface area contributed by atoms with Crippen molar-refractivity contribution in [2.24, 2.45) is 11.7 Å². The number of nitrogens with two attached hydrogens (primary N) is 1. The van der Waals surface area contributed by atoms with Crippen LogP contribution in [0.2, 0.25) is 0 Å². The molecule has 0 spiro atoms. The van der Waals surface area contributed by atoms with Crippen molar-refractivity contribution >= 4 is 0 Å². The van der Waals surface area contributed by atoms with Gasteiger partial charge in [0.2, 0.25) is 0 Å².